The highest BCUT2D eigenvalue weighted by atomic mass is 16.3. The van der Waals surface area contributed by atoms with Crippen LogP contribution in [0.4, 0.5) is 0 Å². The summed E-state index contributed by atoms with van der Waals surface area (Å²) < 4.78 is 0. The summed E-state index contributed by atoms with van der Waals surface area (Å²) in [5, 5.41) is 9.80. The van der Waals surface area contributed by atoms with E-state index in [1.54, 1.807) is 0 Å². The van der Waals surface area contributed by atoms with Crippen LogP contribution in [0.2, 0.25) is 0 Å². The van der Waals surface area contributed by atoms with Gasteiger partial charge in [-0.15, -0.1) is 0 Å². The highest BCUT2D eigenvalue weighted by molar-refractivity contribution is 5.79. The van der Waals surface area contributed by atoms with Crippen molar-refractivity contribution in [1.29, 1.82) is 0 Å². The van der Waals surface area contributed by atoms with E-state index in [1.807, 2.05) is 4.90 Å². The van der Waals surface area contributed by atoms with E-state index in [-0.39, 0.29) is 18.1 Å². The largest absolute Gasteiger partial charge is 0.391 e. The van der Waals surface area contributed by atoms with Crippen LogP contribution < -0.4 is 0 Å². The summed E-state index contributed by atoms with van der Waals surface area (Å²) in [6, 6.07) is 0.135. The fraction of sp³-hybridized carbons (Fsp3) is 0.900. The van der Waals surface area contributed by atoms with Gasteiger partial charge in [0.25, 0.3) is 0 Å². The standard InChI is InChI=1S/C10H17NO2/c1-2-7-5-9(12)8-3-4-10(13)11(8)6-7/h7-9,12H,2-6H2,1H3/t7-,8-,9-/m0/s1. The molecule has 1 amide bonds. The van der Waals surface area contributed by atoms with Crippen LogP contribution in [0.25, 0.3) is 0 Å². The summed E-state index contributed by atoms with van der Waals surface area (Å²) in [5.41, 5.74) is 0. The molecule has 0 unspecified atom stereocenters. The van der Waals surface area contributed by atoms with E-state index in [9.17, 15) is 9.90 Å². The Morgan fingerprint density at radius 2 is 2.38 bits per heavy atom. The minimum absolute atomic E-state index is 0.135. The first-order chi connectivity index (χ1) is 6.22. The first kappa shape index (κ1) is 9.00. The average molecular weight is 183 g/mol. The van der Waals surface area contributed by atoms with Gasteiger partial charge in [-0.25, -0.2) is 0 Å². The highest BCUT2D eigenvalue weighted by Crippen LogP contribution is 2.31. The Hall–Kier alpha value is -0.570. The number of hydrogen-bond acceptors (Lipinski definition) is 2. The van der Waals surface area contributed by atoms with Gasteiger partial charge in [0.15, 0.2) is 0 Å². The van der Waals surface area contributed by atoms with E-state index in [0.29, 0.717) is 12.3 Å². The van der Waals surface area contributed by atoms with E-state index >= 15 is 0 Å². The molecule has 2 aliphatic rings. The molecule has 0 saturated carbocycles. The lowest BCUT2D eigenvalue weighted by Crippen LogP contribution is -2.49. The molecule has 2 heterocycles. The summed E-state index contributed by atoms with van der Waals surface area (Å²) in [6.45, 7) is 3.00. The molecule has 0 aromatic rings. The minimum Gasteiger partial charge on any atom is -0.391 e. The van der Waals surface area contributed by atoms with Crippen LogP contribution in [0.3, 0.4) is 0 Å². The lowest BCUT2D eigenvalue weighted by atomic mass is 9.89. The van der Waals surface area contributed by atoms with Gasteiger partial charge < -0.3 is 10.0 Å². The zero-order valence-corrected chi connectivity index (χ0v) is 8.07. The molecular weight excluding hydrogens is 166 g/mol. The molecule has 0 aromatic heterocycles. The smallest absolute Gasteiger partial charge is 0.222 e. The van der Waals surface area contributed by atoms with Crippen LogP contribution in [0.15, 0.2) is 0 Å². The number of aliphatic hydroxyl groups is 1. The lowest BCUT2D eigenvalue weighted by molar-refractivity contribution is -0.133. The summed E-state index contributed by atoms with van der Waals surface area (Å²) in [7, 11) is 0. The van der Waals surface area contributed by atoms with E-state index in [0.717, 1.165) is 25.8 Å². The molecule has 3 nitrogen and oxygen atoms in total. The molecule has 0 aromatic carbocycles. The normalized spacial score (nSPS) is 39.4. The second-order valence-electron chi connectivity index (χ2n) is 4.23. The Bertz CT molecular complexity index is 217. The molecule has 0 aliphatic carbocycles. The Balaban J connectivity index is 2.09. The quantitative estimate of drug-likeness (QED) is 0.652. The zero-order valence-electron chi connectivity index (χ0n) is 8.07. The maximum atomic E-state index is 11.4. The molecule has 2 rings (SSSR count). The highest BCUT2D eigenvalue weighted by Gasteiger charge is 2.40. The fourth-order valence-electron chi connectivity index (χ4n) is 2.54. The molecule has 2 aliphatic heterocycles. The molecule has 13 heavy (non-hydrogen) atoms. The van der Waals surface area contributed by atoms with Gasteiger partial charge >= 0.3 is 0 Å². The van der Waals surface area contributed by atoms with Crippen molar-refractivity contribution in [3.63, 3.8) is 0 Å². The van der Waals surface area contributed by atoms with Gasteiger partial charge in [-0.3, -0.25) is 4.79 Å². The van der Waals surface area contributed by atoms with Crippen LogP contribution in [-0.2, 0) is 4.79 Å². The maximum absolute atomic E-state index is 11.4. The zero-order chi connectivity index (χ0) is 9.42. The van der Waals surface area contributed by atoms with Crippen LogP contribution in [-0.4, -0.2) is 34.6 Å². The number of aliphatic hydroxyl groups excluding tert-OH is 1. The lowest BCUT2D eigenvalue weighted by Gasteiger charge is -2.38. The van der Waals surface area contributed by atoms with Crippen LogP contribution in [0, 0.1) is 5.92 Å². The first-order valence-electron chi connectivity index (χ1n) is 5.20. The van der Waals surface area contributed by atoms with Crippen LogP contribution in [0.5, 0.6) is 0 Å². The summed E-state index contributed by atoms with van der Waals surface area (Å²) in [6.07, 6.45) is 3.16. The SMILES string of the molecule is CC[C@H]1C[C@H](O)[C@@H]2CCC(=O)N2C1. The molecule has 74 valence electrons. The van der Waals surface area contributed by atoms with Crippen molar-refractivity contribution in [3.8, 4) is 0 Å². The van der Waals surface area contributed by atoms with E-state index in [2.05, 4.69) is 6.92 Å². The summed E-state index contributed by atoms with van der Waals surface area (Å²) in [5.74, 6) is 0.746. The Kier molecular flexibility index (Phi) is 2.28. The Labute approximate surface area is 78.7 Å². The molecule has 0 bridgehead atoms. The van der Waals surface area contributed by atoms with Gasteiger partial charge in [0.05, 0.1) is 12.1 Å². The number of carbonyl (C=O) groups excluding carboxylic acids is 1. The molecule has 1 N–H and O–H groups in total. The molecule has 2 fully saturated rings. The number of nitrogens with zero attached hydrogens (tertiary/aromatic N) is 1. The van der Waals surface area contributed by atoms with Gasteiger partial charge in [0.2, 0.25) is 5.91 Å². The predicted octanol–water partition coefficient (Wildman–Crippen LogP) is 0.768. The number of rotatable bonds is 1. The third-order valence-electron chi connectivity index (χ3n) is 3.43. The van der Waals surface area contributed by atoms with Crippen LogP contribution in [0.1, 0.15) is 32.6 Å². The molecule has 3 heteroatoms. The van der Waals surface area contributed by atoms with Crippen molar-refractivity contribution >= 4 is 5.91 Å². The van der Waals surface area contributed by atoms with Gasteiger partial charge in [-0.2, -0.15) is 0 Å². The van der Waals surface area contributed by atoms with Gasteiger partial charge in [-0.1, -0.05) is 13.3 Å². The molecule has 3 atom stereocenters. The van der Waals surface area contributed by atoms with Gasteiger partial charge in [0.1, 0.15) is 0 Å². The summed E-state index contributed by atoms with van der Waals surface area (Å²) in [4.78, 5) is 13.3. The number of fused-ring (bicyclic) bond motifs is 1. The monoisotopic (exact) mass is 183 g/mol. The molecule has 0 spiro atoms. The van der Waals surface area contributed by atoms with Crippen molar-refractivity contribution in [2.24, 2.45) is 5.92 Å². The molecular formula is C10H17NO2. The predicted molar refractivity (Wildman–Crippen MR) is 49.1 cm³/mol. The number of piperidine rings is 1. The molecule has 2 saturated heterocycles. The second kappa shape index (κ2) is 3.29. The van der Waals surface area contributed by atoms with E-state index in [1.165, 1.54) is 0 Å². The van der Waals surface area contributed by atoms with Crippen molar-refractivity contribution in [3.05, 3.63) is 0 Å². The topological polar surface area (TPSA) is 40.5 Å². The number of hydrogen-bond donors (Lipinski definition) is 1. The van der Waals surface area contributed by atoms with Gasteiger partial charge in [-0.05, 0) is 18.8 Å². The third kappa shape index (κ3) is 1.46. The van der Waals surface area contributed by atoms with E-state index in [4.69, 9.17) is 0 Å². The van der Waals surface area contributed by atoms with Crippen LogP contribution >= 0.6 is 0 Å². The second-order valence-corrected chi connectivity index (χ2v) is 4.23. The van der Waals surface area contributed by atoms with E-state index < -0.39 is 0 Å². The van der Waals surface area contributed by atoms with Crippen molar-refractivity contribution in [1.82, 2.24) is 4.90 Å². The van der Waals surface area contributed by atoms with Crippen molar-refractivity contribution in [2.45, 2.75) is 44.8 Å². The van der Waals surface area contributed by atoms with Gasteiger partial charge in [0, 0.05) is 13.0 Å². The fourth-order valence-corrected chi connectivity index (χ4v) is 2.54. The summed E-state index contributed by atoms with van der Waals surface area (Å²) >= 11 is 0. The number of carbonyl (C=O) groups is 1. The Morgan fingerprint density at radius 1 is 1.62 bits per heavy atom. The minimum atomic E-state index is -0.273. The average Bonchev–Trinajstić information content (AvgIpc) is 2.48. The van der Waals surface area contributed by atoms with Crippen molar-refractivity contribution < 1.29 is 9.90 Å². The maximum Gasteiger partial charge on any atom is 0.222 e. The number of amides is 1. The first-order valence-corrected chi connectivity index (χ1v) is 5.20. The third-order valence-corrected chi connectivity index (χ3v) is 3.43. The molecule has 0 radical (unpaired) electrons. The van der Waals surface area contributed by atoms with Crippen molar-refractivity contribution in [2.75, 3.05) is 6.54 Å². The Morgan fingerprint density at radius 3 is 3.08 bits per heavy atom.